The van der Waals surface area contributed by atoms with Gasteiger partial charge >= 0.3 is 0 Å². The molecular formula is C20H21N7O4. The molecule has 5 rings (SSSR count). The molecule has 1 aromatic heterocycles. The third-order valence-electron chi connectivity index (χ3n) is 5.64. The lowest BCUT2D eigenvalue weighted by Crippen LogP contribution is -2.35. The monoisotopic (exact) mass is 423 g/mol. The number of nitrogens with two attached hydrogens (primary N) is 1. The molecule has 3 N–H and O–H groups in total. The van der Waals surface area contributed by atoms with E-state index >= 15 is 0 Å². The summed E-state index contributed by atoms with van der Waals surface area (Å²) >= 11 is 0. The highest BCUT2D eigenvalue weighted by Crippen LogP contribution is 2.50. The van der Waals surface area contributed by atoms with Gasteiger partial charge in [-0.1, -0.05) is 0 Å². The van der Waals surface area contributed by atoms with Crippen molar-refractivity contribution in [1.82, 2.24) is 30.5 Å². The molecule has 31 heavy (non-hydrogen) atoms. The van der Waals surface area contributed by atoms with E-state index in [1.54, 1.807) is 36.1 Å². The largest absolute Gasteiger partial charge is 0.492 e. The molecule has 0 saturated carbocycles. The third kappa shape index (κ3) is 3.05. The summed E-state index contributed by atoms with van der Waals surface area (Å²) in [7, 11) is 3.64. The number of hydrazine groups is 1. The van der Waals surface area contributed by atoms with Crippen molar-refractivity contribution in [2.75, 3.05) is 27.5 Å². The van der Waals surface area contributed by atoms with Crippen LogP contribution in [0.1, 0.15) is 33.4 Å². The lowest BCUT2D eigenvalue weighted by molar-refractivity contribution is 0.0953. The smallest absolute Gasteiger partial charge is 0.265 e. The van der Waals surface area contributed by atoms with Gasteiger partial charge in [0.15, 0.2) is 17.3 Å². The maximum absolute atomic E-state index is 11.7. The van der Waals surface area contributed by atoms with Gasteiger partial charge in [-0.25, -0.2) is 5.84 Å². The maximum atomic E-state index is 11.7. The molecule has 1 atom stereocenters. The van der Waals surface area contributed by atoms with Gasteiger partial charge in [-0.15, -0.1) is 5.10 Å². The molecule has 1 amide bonds. The zero-order valence-electron chi connectivity index (χ0n) is 17.0. The van der Waals surface area contributed by atoms with Crippen LogP contribution in [-0.2, 0) is 6.42 Å². The van der Waals surface area contributed by atoms with Crippen molar-refractivity contribution < 1.29 is 19.0 Å². The first-order valence-electron chi connectivity index (χ1n) is 9.71. The number of likely N-dealkylation sites (N-methyl/N-ethyl adjacent to an activating group) is 1. The summed E-state index contributed by atoms with van der Waals surface area (Å²) in [6, 6.07) is 8.61. The molecule has 0 spiro atoms. The number of methoxy groups -OCH3 is 1. The number of benzene rings is 2. The summed E-state index contributed by atoms with van der Waals surface area (Å²) in [5.74, 6) is 7.38. The molecule has 3 aromatic rings. The van der Waals surface area contributed by atoms with E-state index in [9.17, 15) is 4.79 Å². The first-order valence-corrected chi connectivity index (χ1v) is 9.71. The van der Waals surface area contributed by atoms with Crippen LogP contribution in [0.25, 0.3) is 5.69 Å². The summed E-state index contributed by atoms with van der Waals surface area (Å²) in [5, 5.41) is 12.5. The Morgan fingerprint density at radius 2 is 2.10 bits per heavy atom. The predicted molar refractivity (Wildman–Crippen MR) is 108 cm³/mol. The number of aromatic nitrogens is 4. The minimum Gasteiger partial charge on any atom is -0.492 e. The number of nitrogen functional groups attached to an aromatic ring is 1. The number of nitrogens with zero attached hydrogens (tertiary/aromatic N) is 5. The van der Waals surface area contributed by atoms with Crippen LogP contribution in [-0.4, -0.2) is 58.5 Å². The zero-order valence-corrected chi connectivity index (χ0v) is 17.0. The van der Waals surface area contributed by atoms with Crippen LogP contribution in [0.15, 0.2) is 30.3 Å². The van der Waals surface area contributed by atoms with E-state index in [2.05, 4.69) is 25.9 Å². The molecule has 0 radical (unpaired) electrons. The summed E-state index contributed by atoms with van der Waals surface area (Å²) in [6.45, 7) is 0.971. The van der Waals surface area contributed by atoms with Gasteiger partial charge in [0.05, 0.1) is 12.8 Å². The molecule has 3 heterocycles. The van der Waals surface area contributed by atoms with Crippen LogP contribution in [0, 0.1) is 0 Å². The highest BCUT2D eigenvalue weighted by atomic mass is 16.7. The maximum Gasteiger partial charge on any atom is 0.265 e. The van der Waals surface area contributed by atoms with Crippen molar-refractivity contribution in [3.8, 4) is 22.9 Å². The molecule has 0 fully saturated rings. The summed E-state index contributed by atoms with van der Waals surface area (Å²) < 4.78 is 18.7. The van der Waals surface area contributed by atoms with Crippen LogP contribution in [0.2, 0.25) is 0 Å². The molecule has 160 valence electrons. The SMILES string of the molecule is COc1c2c(cc3c1[C@H](c1nnnn1-c1ccc(C(=O)NN)cc1)N(C)CC3)OCO2. The molecule has 2 aromatic carbocycles. The molecule has 11 heteroatoms. The molecule has 2 aliphatic heterocycles. The van der Waals surface area contributed by atoms with Crippen molar-refractivity contribution in [3.05, 3.63) is 52.8 Å². The van der Waals surface area contributed by atoms with Crippen LogP contribution in [0.3, 0.4) is 0 Å². The number of rotatable bonds is 4. The second-order valence-electron chi connectivity index (χ2n) is 7.32. The van der Waals surface area contributed by atoms with Gasteiger partial charge in [0.25, 0.3) is 5.91 Å². The topological polar surface area (TPSA) is 130 Å². The fourth-order valence-electron chi connectivity index (χ4n) is 4.14. The van der Waals surface area contributed by atoms with Crippen molar-refractivity contribution in [2.24, 2.45) is 5.84 Å². The first-order chi connectivity index (χ1) is 15.1. The van der Waals surface area contributed by atoms with Crippen LogP contribution in [0.4, 0.5) is 0 Å². The van der Waals surface area contributed by atoms with E-state index in [0.717, 1.165) is 24.1 Å². The normalized spacial score (nSPS) is 17.3. The van der Waals surface area contributed by atoms with E-state index in [0.29, 0.717) is 34.3 Å². The molecular weight excluding hydrogens is 402 g/mol. The minimum absolute atomic E-state index is 0.162. The number of carbonyl (C=O) groups is 1. The Kier molecular flexibility index (Phi) is 4.68. The number of hydrogen-bond donors (Lipinski definition) is 2. The highest BCUT2D eigenvalue weighted by Gasteiger charge is 2.37. The summed E-state index contributed by atoms with van der Waals surface area (Å²) in [4.78, 5) is 13.9. The third-order valence-corrected chi connectivity index (χ3v) is 5.64. The lowest BCUT2D eigenvalue weighted by Gasteiger charge is -2.34. The van der Waals surface area contributed by atoms with Gasteiger partial charge < -0.3 is 14.2 Å². The molecule has 11 nitrogen and oxygen atoms in total. The van der Waals surface area contributed by atoms with Crippen LogP contribution < -0.4 is 25.5 Å². The standard InChI is InChI=1S/C20H21N7O4/c1-26-8-7-12-9-14-17(31-10-30-14)18(29-2)15(12)16(26)19-23-24-25-27(19)13-5-3-11(4-6-13)20(28)22-21/h3-6,9,16H,7-8,10,21H2,1-2H3,(H,22,28)/t16-/m1/s1. The number of carbonyl (C=O) groups excluding carboxylic acids is 1. The lowest BCUT2D eigenvalue weighted by atomic mass is 9.90. The van der Waals surface area contributed by atoms with Crippen LogP contribution in [0.5, 0.6) is 17.2 Å². The summed E-state index contributed by atoms with van der Waals surface area (Å²) in [5.41, 5.74) is 5.34. The zero-order chi connectivity index (χ0) is 21.5. The van der Waals surface area contributed by atoms with E-state index in [1.807, 2.05) is 13.1 Å². The van der Waals surface area contributed by atoms with Gasteiger partial charge in [-0.3, -0.25) is 15.1 Å². The van der Waals surface area contributed by atoms with Crippen molar-refractivity contribution >= 4 is 5.91 Å². The predicted octanol–water partition coefficient (Wildman–Crippen LogP) is 0.580. The first kappa shape index (κ1) is 19.3. The quantitative estimate of drug-likeness (QED) is 0.352. The number of ether oxygens (including phenoxy) is 3. The van der Waals surface area contributed by atoms with Crippen molar-refractivity contribution in [3.63, 3.8) is 0 Å². The Hall–Kier alpha value is -3.70. The highest BCUT2D eigenvalue weighted by molar-refractivity contribution is 5.93. The van der Waals surface area contributed by atoms with Crippen LogP contribution >= 0.6 is 0 Å². The molecule has 0 bridgehead atoms. The van der Waals surface area contributed by atoms with Gasteiger partial charge in [-0.2, -0.15) is 4.68 Å². The van der Waals surface area contributed by atoms with Gasteiger partial charge in [0, 0.05) is 17.7 Å². The number of nitrogens with one attached hydrogen (secondary N) is 1. The molecule has 2 aliphatic rings. The average molecular weight is 423 g/mol. The fourth-order valence-corrected chi connectivity index (χ4v) is 4.14. The molecule has 0 saturated heterocycles. The number of amides is 1. The number of hydrogen-bond acceptors (Lipinski definition) is 9. The number of fused-ring (bicyclic) bond motifs is 2. The Morgan fingerprint density at radius 3 is 2.84 bits per heavy atom. The van der Waals surface area contributed by atoms with Crippen molar-refractivity contribution in [1.29, 1.82) is 0 Å². The molecule has 0 unspecified atom stereocenters. The average Bonchev–Trinajstić information content (AvgIpc) is 3.47. The van der Waals surface area contributed by atoms with Crippen molar-refractivity contribution in [2.45, 2.75) is 12.5 Å². The Bertz CT molecular complexity index is 1150. The van der Waals surface area contributed by atoms with Gasteiger partial charge in [-0.05, 0) is 59.8 Å². The second kappa shape index (κ2) is 7.52. The molecule has 0 aliphatic carbocycles. The van der Waals surface area contributed by atoms with Gasteiger partial charge in [0.2, 0.25) is 12.5 Å². The minimum atomic E-state index is -0.370. The van der Waals surface area contributed by atoms with E-state index < -0.39 is 0 Å². The Labute approximate surface area is 177 Å². The number of tetrazole rings is 1. The van der Waals surface area contributed by atoms with E-state index in [4.69, 9.17) is 20.1 Å². The van der Waals surface area contributed by atoms with E-state index in [-0.39, 0.29) is 18.7 Å². The Morgan fingerprint density at radius 1 is 1.29 bits per heavy atom. The summed E-state index contributed by atoms with van der Waals surface area (Å²) in [6.07, 6.45) is 0.833. The Balaban J connectivity index is 1.62. The fraction of sp³-hybridized carbons (Fsp3) is 0.300. The van der Waals surface area contributed by atoms with E-state index in [1.165, 1.54) is 0 Å². The second-order valence-corrected chi connectivity index (χ2v) is 7.32. The van der Waals surface area contributed by atoms with Gasteiger partial charge in [0.1, 0.15) is 6.04 Å².